The Balaban J connectivity index is 2.00. The summed E-state index contributed by atoms with van der Waals surface area (Å²) in [6, 6.07) is 3.62. The number of anilines is 1. The number of thiophene rings is 1. The van der Waals surface area contributed by atoms with Crippen LogP contribution in [-0.4, -0.2) is 55.2 Å². The Hall–Kier alpha value is -1.99. The molecule has 7 heteroatoms. The van der Waals surface area contributed by atoms with Crippen molar-refractivity contribution in [2.45, 2.75) is 5.92 Å². The zero-order chi connectivity index (χ0) is 17.6. The summed E-state index contributed by atoms with van der Waals surface area (Å²) < 4.78 is 1.90. The highest BCUT2D eigenvalue weighted by atomic mass is 32.2. The number of allylic oxidation sites excluding steroid dienone is 2. The SMILES string of the molecule is CN(C)c1ccc(C2C(=O)C(=O)/C(=C3/C=CC(=[N+](C)C)S3)C2=O)s1. The molecule has 5 nitrogen and oxygen atoms in total. The van der Waals surface area contributed by atoms with E-state index in [1.807, 2.05) is 49.8 Å². The van der Waals surface area contributed by atoms with E-state index in [1.54, 1.807) is 12.1 Å². The lowest BCUT2D eigenvalue weighted by molar-refractivity contribution is -0.460. The van der Waals surface area contributed by atoms with Crippen LogP contribution in [0.1, 0.15) is 10.8 Å². The zero-order valence-electron chi connectivity index (χ0n) is 13.8. The minimum absolute atomic E-state index is 0.0305. The van der Waals surface area contributed by atoms with E-state index in [0.717, 1.165) is 10.0 Å². The van der Waals surface area contributed by atoms with E-state index in [2.05, 4.69) is 0 Å². The molecular formula is C17H17N2O3S2+. The molecule has 1 aromatic rings. The fourth-order valence-corrected chi connectivity index (χ4v) is 4.57. The molecule has 2 aliphatic rings. The van der Waals surface area contributed by atoms with Gasteiger partial charge in [0.2, 0.25) is 16.6 Å². The normalized spacial score (nSPS) is 23.6. The highest BCUT2D eigenvalue weighted by Crippen LogP contribution is 2.40. The molecule has 1 aliphatic heterocycles. The van der Waals surface area contributed by atoms with Crippen LogP contribution in [-0.2, 0) is 14.4 Å². The lowest BCUT2D eigenvalue weighted by Gasteiger charge is -2.08. The first kappa shape index (κ1) is 16.9. The molecule has 1 saturated carbocycles. The lowest BCUT2D eigenvalue weighted by Crippen LogP contribution is -2.13. The van der Waals surface area contributed by atoms with Gasteiger partial charge in [0.15, 0.2) is 5.78 Å². The van der Waals surface area contributed by atoms with Crippen molar-refractivity contribution in [3.05, 3.63) is 39.6 Å². The maximum atomic E-state index is 12.8. The maximum Gasteiger partial charge on any atom is 0.239 e. The molecule has 124 valence electrons. The fraction of sp³-hybridized carbons (Fsp3) is 0.294. The standard InChI is InChI=1S/C17H17N2O3S2/c1-18(2)11-7-5-9(23-11)13-15(20)14(17(22)16(13)21)10-6-8-12(24-10)19(3)4/h5-8,13H,1-4H3/q+1/b14-10-. The molecule has 1 atom stereocenters. The lowest BCUT2D eigenvalue weighted by atomic mass is 10.0. The Labute approximate surface area is 148 Å². The van der Waals surface area contributed by atoms with E-state index in [4.69, 9.17) is 0 Å². The Morgan fingerprint density at radius 3 is 2.29 bits per heavy atom. The molecule has 1 aliphatic carbocycles. The highest BCUT2D eigenvalue weighted by Gasteiger charge is 2.48. The summed E-state index contributed by atoms with van der Waals surface area (Å²) in [6.45, 7) is 0. The van der Waals surface area contributed by atoms with Crippen molar-refractivity contribution in [3.63, 3.8) is 0 Å². The van der Waals surface area contributed by atoms with Crippen LogP contribution in [0.4, 0.5) is 5.00 Å². The Morgan fingerprint density at radius 2 is 1.75 bits per heavy atom. The molecule has 24 heavy (non-hydrogen) atoms. The van der Waals surface area contributed by atoms with E-state index < -0.39 is 17.5 Å². The number of Topliss-reactive ketones (excluding diaryl/α,β-unsaturated/α-hetero) is 3. The minimum Gasteiger partial charge on any atom is -0.370 e. The van der Waals surface area contributed by atoms with E-state index in [1.165, 1.54) is 23.1 Å². The van der Waals surface area contributed by atoms with Crippen LogP contribution in [0.5, 0.6) is 0 Å². The Kier molecular flexibility index (Phi) is 4.31. The molecule has 0 radical (unpaired) electrons. The second-order valence-corrected chi connectivity index (χ2v) is 8.12. The summed E-state index contributed by atoms with van der Waals surface area (Å²) >= 11 is 2.71. The van der Waals surface area contributed by atoms with Gasteiger partial charge in [-0.25, -0.2) is 4.58 Å². The average Bonchev–Trinajstić information content (AvgIpc) is 3.20. The van der Waals surface area contributed by atoms with Crippen LogP contribution in [0, 0.1) is 0 Å². The average molecular weight is 361 g/mol. The fourth-order valence-electron chi connectivity index (χ4n) is 2.56. The Bertz CT molecular complexity index is 855. The number of carbonyl (C=O) groups excluding carboxylic acids is 3. The number of thioether (sulfide) groups is 1. The van der Waals surface area contributed by atoms with Gasteiger partial charge >= 0.3 is 0 Å². The number of hydrogen-bond donors (Lipinski definition) is 0. The quantitative estimate of drug-likeness (QED) is 0.265. The van der Waals surface area contributed by atoms with Crippen molar-refractivity contribution in [3.8, 4) is 0 Å². The summed E-state index contributed by atoms with van der Waals surface area (Å²) in [5, 5.41) is 1.87. The topological polar surface area (TPSA) is 57.5 Å². The van der Waals surface area contributed by atoms with Crippen molar-refractivity contribution in [1.29, 1.82) is 0 Å². The zero-order valence-corrected chi connectivity index (χ0v) is 15.5. The van der Waals surface area contributed by atoms with Gasteiger partial charge in [-0.05, 0) is 30.0 Å². The molecule has 0 saturated heterocycles. The van der Waals surface area contributed by atoms with Crippen LogP contribution in [0.15, 0.2) is 34.8 Å². The molecule has 0 N–H and O–H groups in total. The van der Waals surface area contributed by atoms with Crippen LogP contribution >= 0.6 is 23.1 Å². The van der Waals surface area contributed by atoms with E-state index in [9.17, 15) is 14.4 Å². The first-order chi connectivity index (χ1) is 11.3. The summed E-state index contributed by atoms with van der Waals surface area (Å²) in [5.74, 6) is -2.67. The van der Waals surface area contributed by atoms with Gasteiger partial charge in [-0.3, -0.25) is 14.4 Å². The number of rotatable bonds is 2. The number of carbonyl (C=O) groups is 3. The number of hydrogen-bond acceptors (Lipinski definition) is 6. The van der Waals surface area contributed by atoms with Crippen molar-refractivity contribution in [1.82, 2.24) is 0 Å². The van der Waals surface area contributed by atoms with Gasteiger partial charge in [0, 0.05) is 30.0 Å². The third-order valence-electron chi connectivity index (χ3n) is 3.84. The first-order valence-electron chi connectivity index (χ1n) is 7.35. The van der Waals surface area contributed by atoms with Gasteiger partial charge in [0.25, 0.3) is 0 Å². The predicted molar refractivity (Wildman–Crippen MR) is 97.3 cm³/mol. The van der Waals surface area contributed by atoms with Crippen molar-refractivity contribution in [2.75, 3.05) is 33.1 Å². The van der Waals surface area contributed by atoms with Crippen molar-refractivity contribution >= 4 is 50.5 Å². The second-order valence-electron chi connectivity index (χ2n) is 5.97. The molecule has 0 bridgehead atoms. The van der Waals surface area contributed by atoms with Crippen molar-refractivity contribution in [2.24, 2.45) is 0 Å². The molecule has 1 unspecified atom stereocenters. The van der Waals surface area contributed by atoms with Gasteiger partial charge in [0.05, 0.1) is 10.6 Å². The molecule has 0 spiro atoms. The number of nitrogens with zero attached hydrogens (tertiary/aromatic N) is 2. The smallest absolute Gasteiger partial charge is 0.239 e. The Morgan fingerprint density at radius 1 is 1.04 bits per heavy atom. The third-order valence-corrected chi connectivity index (χ3v) is 6.43. The second kappa shape index (κ2) is 6.14. The molecule has 1 aromatic heterocycles. The monoisotopic (exact) mass is 361 g/mol. The molecule has 3 rings (SSSR count). The van der Waals surface area contributed by atoms with Crippen LogP contribution in [0.2, 0.25) is 0 Å². The van der Waals surface area contributed by atoms with Gasteiger partial charge in [-0.1, -0.05) is 0 Å². The molecule has 2 heterocycles. The predicted octanol–water partition coefficient (Wildman–Crippen LogP) is 1.85. The third kappa shape index (κ3) is 2.67. The molecule has 0 aromatic carbocycles. The summed E-state index contributed by atoms with van der Waals surface area (Å²) in [5.41, 5.74) is 0.0305. The maximum absolute atomic E-state index is 12.8. The molecular weight excluding hydrogens is 344 g/mol. The first-order valence-corrected chi connectivity index (χ1v) is 8.99. The summed E-state index contributed by atoms with van der Waals surface area (Å²) in [6.07, 6.45) is 3.58. The summed E-state index contributed by atoms with van der Waals surface area (Å²) in [4.78, 5) is 40.7. The van der Waals surface area contributed by atoms with Gasteiger partial charge < -0.3 is 4.90 Å². The summed E-state index contributed by atoms with van der Waals surface area (Å²) in [7, 11) is 7.57. The van der Waals surface area contributed by atoms with Gasteiger partial charge in [-0.15, -0.1) is 11.3 Å². The highest BCUT2D eigenvalue weighted by molar-refractivity contribution is 8.18. The molecule has 0 amide bonds. The van der Waals surface area contributed by atoms with Gasteiger partial charge in [0.1, 0.15) is 20.0 Å². The van der Waals surface area contributed by atoms with Crippen LogP contribution in [0.3, 0.4) is 0 Å². The van der Waals surface area contributed by atoms with E-state index in [0.29, 0.717) is 9.78 Å². The van der Waals surface area contributed by atoms with E-state index >= 15 is 0 Å². The molecule has 1 fully saturated rings. The largest absolute Gasteiger partial charge is 0.370 e. The number of ketones is 3. The minimum atomic E-state index is -0.990. The van der Waals surface area contributed by atoms with Crippen LogP contribution < -0.4 is 4.90 Å². The van der Waals surface area contributed by atoms with Gasteiger partial charge in [-0.2, -0.15) is 0 Å². The van der Waals surface area contributed by atoms with Crippen molar-refractivity contribution < 1.29 is 19.0 Å². The van der Waals surface area contributed by atoms with E-state index in [-0.39, 0.29) is 11.4 Å². The van der Waals surface area contributed by atoms with Crippen LogP contribution in [0.25, 0.3) is 0 Å².